The van der Waals surface area contributed by atoms with Crippen molar-refractivity contribution in [2.45, 2.75) is 58.4 Å². The normalized spacial score (nSPS) is 23.9. The Bertz CT molecular complexity index is 218. The van der Waals surface area contributed by atoms with Gasteiger partial charge in [-0.05, 0) is 31.6 Å². The first-order valence-electron chi connectivity index (χ1n) is 6.66. The molecule has 0 aromatic rings. The van der Waals surface area contributed by atoms with Gasteiger partial charge in [0.2, 0.25) is 5.91 Å². The van der Waals surface area contributed by atoms with Crippen LogP contribution in [-0.2, 0) is 4.79 Å². The van der Waals surface area contributed by atoms with Crippen molar-refractivity contribution in [2.75, 3.05) is 13.1 Å². The third-order valence-corrected chi connectivity index (χ3v) is 3.47. The molecule has 1 rings (SSSR count). The lowest BCUT2D eigenvalue weighted by Crippen LogP contribution is -2.36. The zero-order chi connectivity index (χ0) is 12.0. The fraction of sp³-hybridized carbons (Fsp3) is 0.923. The van der Waals surface area contributed by atoms with Crippen molar-refractivity contribution in [2.24, 2.45) is 11.7 Å². The van der Waals surface area contributed by atoms with Crippen LogP contribution in [-0.4, -0.2) is 29.9 Å². The van der Waals surface area contributed by atoms with Gasteiger partial charge in [0.15, 0.2) is 0 Å². The Hall–Kier alpha value is -0.570. The third kappa shape index (κ3) is 4.52. The molecule has 1 heterocycles. The molecule has 3 nitrogen and oxygen atoms in total. The van der Waals surface area contributed by atoms with E-state index >= 15 is 0 Å². The van der Waals surface area contributed by atoms with Gasteiger partial charge in [-0.2, -0.15) is 0 Å². The number of hydrogen-bond acceptors (Lipinski definition) is 2. The minimum Gasteiger partial charge on any atom is -0.343 e. The molecular weight excluding hydrogens is 200 g/mol. The Morgan fingerprint density at radius 2 is 2.19 bits per heavy atom. The smallest absolute Gasteiger partial charge is 0.224 e. The molecule has 1 aliphatic heterocycles. The molecule has 0 aromatic heterocycles. The summed E-state index contributed by atoms with van der Waals surface area (Å²) in [6.07, 6.45) is 6.10. The van der Waals surface area contributed by atoms with E-state index in [-0.39, 0.29) is 11.9 Å². The average Bonchev–Trinajstić information content (AvgIpc) is 2.43. The van der Waals surface area contributed by atoms with Crippen molar-refractivity contribution in [3.8, 4) is 0 Å². The van der Waals surface area contributed by atoms with Gasteiger partial charge in [-0.25, -0.2) is 0 Å². The number of rotatable bonds is 4. The second kappa shape index (κ2) is 6.89. The van der Waals surface area contributed by atoms with Crippen LogP contribution < -0.4 is 5.73 Å². The fourth-order valence-electron chi connectivity index (χ4n) is 2.34. The van der Waals surface area contributed by atoms with Crippen LogP contribution >= 0.6 is 0 Å². The lowest BCUT2D eigenvalue weighted by Gasteiger charge is -2.22. The summed E-state index contributed by atoms with van der Waals surface area (Å²) in [6, 6.07) is 0.0539. The highest BCUT2D eigenvalue weighted by molar-refractivity contribution is 5.76. The van der Waals surface area contributed by atoms with E-state index in [9.17, 15) is 4.79 Å². The highest BCUT2D eigenvalue weighted by Gasteiger charge is 2.19. The van der Waals surface area contributed by atoms with Crippen LogP contribution in [0.1, 0.15) is 52.4 Å². The van der Waals surface area contributed by atoms with Gasteiger partial charge in [0.25, 0.3) is 0 Å². The maximum atomic E-state index is 12.0. The Morgan fingerprint density at radius 3 is 2.88 bits per heavy atom. The number of hydrogen-bond donors (Lipinski definition) is 1. The Balaban J connectivity index is 2.35. The summed E-state index contributed by atoms with van der Waals surface area (Å²) in [5, 5.41) is 0. The molecule has 0 aliphatic carbocycles. The van der Waals surface area contributed by atoms with Gasteiger partial charge >= 0.3 is 0 Å². The fourth-order valence-corrected chi connectivity index (χ4v) is 2.34. The molecule has 16 heavy (non-hydrogen) atoms. The summed E-state index contributed by atoms with van der Waals surface area (Å²) in [4.78, 5) is 14.0. The predicted octanol–water partition coefficient (Wildman–Crippen LogP) is 2.15. The Kier molecular flexibility index (Phi) is 5.81. The molecule has 0 aromatic carbocycles. The van der Waals surface area contributed by atoms with E-state index in [1.165, 1.54) is 6.42 Å². The summed E-state index contributed by atoms with van der Waals surface area (Å²) in [5.41, 5.74) is 5.91. The predicted molar refractivity (Wildman–Crippen MR) is 67.1 cm³/mol. The quantitative estimate of drug-likeness (QED) is 0.798. The zero-order valence-electron chi connectivity index (χ0n) is 10.7. The number of carbonyl (C=O) groups is 1. The number of nitrogens with zero attached hydrogens (tertiary/aromatic N) is 1. The van der Waals surface area contributed by atoms with E-state index in [0.717, 1.165) is 44.7 Å². The Morgan fingerprint density at radius 1 is 1.44 bits per heavy atom. The third-order valence-electron chi connectivity index (χ3n) is 3.47. The van der Waals surface area contributed by atoms with Gasteiger partial charge in [-0.15, -0.1) is 0 Å². The summed E-state index contributed by atoms with van der Waals surface area (Å²) in [6.45, 7) is 6.25. The molecule has 2 N–H and O–H groups in total. The van der Waals surface area contributed by atoms with Crippen LogP contribution in [0.2, 0.25) is 0 Å². The minimum absolute atomic E-state index is 0.0539. The van der Waals surface area contributed by atoms with Gasteiger partial charge in [0.1, 0.15) is 0 Å². The molecule has 94 valence electrons. The van der Waals surface area contributed by atoms with Crippen LogP contribution in [0.25, 0.3) is 0 Å². The second-order valence-electron chi connectivity index (χ2n) is 5.17. The van der Waals surface area contributed by atoms with Gasteiger partial charge in [0.05, 0.1) is 0 Å². The van der Waals surface area contributed by atoms with Crippen molar-refractivity contribution in [1.82, 2.24) is 4.90 Å². The van der Waals surface area contributed by atoms with E-state index in [1.807, 2.05) is 4.90 Å². The van der Waals surface area contributed by atoms with E-state index in [1.54, 1.807) is 0 Å². The largest absolute Gasteiger partial charge is 0.343 e. The molecule has 2 atom stereocenters. The van der Waals surface area contributed by atoms with E-state index in [2.05, 4.69) is 13.8 Å². The van der Waals surface area contributed by atoms with E-state index in [0.29, 0.717) is 6.42 Å². The first-order valence-corrected chi connectivity index (χ1v) is 6.66. The molecule has 1 amide bonds. The summed E-state index contributed by atoms with van der Waals surface area (Å²) in [5.74, 6) is 1.03. The zero-order valence-corrected chi connectivity index (χ0v) is 10.7. The molecule has 3 heteroatoms. The molecule has 0 radical (unpaired) electrons. The number of carbonyl (C=O) groups excluding carboxylic acids is 1. The van der Waals surface area contributed by atoms with Gasteiger partial charge < -0.3 is 10.6 Å². The van der Waals surface area contributed by atoms with Gasteiger partial charge in [-0.3, -0.25) is 4.79 Å². The topological polar surface area (TPSA) is 46.3 Å². The van der Waals surface area contributed by atoms with E-state index < -0.39 is 0 Å². The molecule has 0 saturated carbocycles. The highest BCUT2D eigenvalue weighted by atomic mass is 16.2. The molecule has 1 saturated heterocycles. The Labute approximate surface area is 99.4 Å². The first-order chi connectivity index (χ1) is 7.63. The maximum absolute atomic E-state index is 12.0. The van der Waals surface area contributed by atoms with Crippen LogP contribution in [0, 0.1) is 5.92 Å². The molecular formula is C13H26N2O. The lowest BCUT2D eigenvalue weighted by atomic mass is 10.0. The monoisotopic (exact) mass is 226 g/mol. The van der Waals surface area contributed by atoms with Gasteiger partial charge in [-0.1, -0.05) is 20.3 Å². The molecule has 0 bridgehead atoms. The van der Waals surface area contributed by atoms with Crippen LogP contribution in [0.3, 0.4) is 0 Å². The van der Waals surface area contributed by atoms with E-state index in [4.69, 9.17) is 5.73 Å². The first kappa shape index (κ1) is 13.5. The molecule has 1 aliphatic rings. The van der Waals surface area contributed by atoms with Crippen molar-refractivity contribution < 1.29 is 4.79 Å². The van der Waals surface area contributed by atoms with Crippen molar-refractivity contribution in [3.05, 3.63) is 0 Å². The van der Waals surface area contributed by atoms with Crippen molar-refractivity contribution in [1.29, 1.82) is 0 Å². The summed E-state index contributed by atoms with van der Waals surface area (Å²) >= 11 is 0. The number of likely N-dealkylation sites (tertiary alicyclic amines) is 1. The van der Waals surface area contributed by atoms with Crippen LogP contribution in [0.15, 0.2) is 0 Å². The number of nitrogens with two attached hydrogens (primary N) is 1. The van der Waals surface area contributed by atoms with Gasteiger partial charge in [0, 0.05) is 25.6 Å². The van der Waals surface area contributed by atoms with Crippen LogP contribution in [0.4, 0.5) is 0 Å². The maximum Gasteiger partial charge on any atom is 0.224 e. The SMILES string of the molecule is CCCC(N)CC(=O)N1CCCC(C)CC1. The minimum atomic E-state index is 0.0539. The standard InChI is InChI=1S/C13H26N2O/c1-3-5-12(14)10-13(16)15-8-4-6-11(2)7-9-15/h11-12H,3-10,14H2,1-2H3. The second-order valence-corrected chi connectivity index (χ2v) is 5.17. The number of amides is 1. The highest BCUT2D eigenvalue weighted by Crippen LogP contribution is 2.17. The van der Waals surface area contributed by atoms with Crippen molar-refractivity contribution in [3.63, 3.8) is 0 Å². The average molecular weight is 226 g/mol. The molecule has 2 unspecified atom stereocenters. The summed E-state index contributed by atoms with van der Waals surface area (Å²) in [7, 11) is 0. The van der Waals surface area contributed by atoms with Crippen LogP contribution in [0.5, 0.6) is 0 Å². The molecule has 0 spiro atoms. The molecule has 1 fully saturated rings. The lowest BCUT2D eigenvalue weighted by molar-refractivity contribution is -0.131. The summed E-state index contributed by atoms with van der Waals surface area (Å²) < 4.78 is 0. The van der Waals surface area contributed by atoms with Crippen molar-refractivity contribution >= 4 is 5.91 Å².